The molecule has 0 aliphatic rings. The molecule has 0 amide bonds. The Hall–Kier alpha value is -1.23. The van der Waals surface area contributed by atoms with Crippen LogP contribution in [-0.4, -0.2) is 27.8 Å². The largest absolute Gasteiger partial charge is 0.397 e. The van der Waals surface area contributed by atoms with Gasteiger partial charge in [-0.05, 0) is 31.0 Å². The molecule has 0 unspecified atom stereocenters. The lowest BCUT2D eigenvalue weighted by Crippen LogP contribution is -2.28. The first kappa shape index (κ1) is 14.8. The fourth-order valence-corrected chi connectivity index (χ4v) is 2.55. The molecule has 2 N–H and O–H groups in total. The predicted octanol–water partition coefficient (Wildman–Crippen LogP) is 2.15. The standard InChI is InChI=1S/C13H22N2O2S/c1-5-15(9-10(2)3)13-7-6-11(8-12(13)14)18(4,16)17/h6-8,10H,5,9,14H2,1-4H3. The molecule has 0 saturated carbocycles. The molecule has 18 heavy (non-hydrogen) atoms. The Bertz CT molecular complexity index is 510. The van der Waals surface area contributed by atoms with Crippen LogP contribution in [0.4, 0.5) is 11.4 Å². The molecule has 0 aliphatic heterocycles. The first-order valence-corrected chi connectivity index (χ1v) is 7.99. The molecule has 0 saturated heterocycles. The molecule has 1 rings (SSSR count). The van der Waals surface area contributed by atoms with E-state index in [1.165, 1.54) is 12.3 Å². The Morgan fingerprint density at radius 1 is 1.33 bits per heavy atom. The summed E-state index contributed by atoms with van der Waals surface area (Å²) in [4.78, 5) is 2.43. The monoisotopic (exact) mass is 270 g/mol. The third kappa shape index (κ3) is 3.63. The van der Waals surface area contributed by atoms with Crippen molar-refractivity contribution in [2.24, 2.45) is 5.92 Å². The summed E-state index contributed by atoms with van der Waals surface area (Å²) in [6.07, 6.45) is 1.19. The van der Waals surface area contributed by atoms with Gasteiger partial charge in [0.1, 0.15) is 0 Å². The molecular weight excluding hydrogens is 248 g/mol. The summed E-state index contributed by atoms with van der Waals surface area (Å²) >= 11 is 0. The highest BCUT2D eigenvalue weighted by atomic mass is 32.2. The van der Waals surface area contributed by atoms with Gasteiger partial charge in [-0.1, -0.05) is 13.8 Å². The molecule has 5 heteroatoms. The number of hydrogen-bond donors (Lipinski definition) is 1. The van der Waals surface area contributed by atoms with Gasteiger partial charge in [-0.3, -0.25) is 0 Å². The number of rotatable bonds is 5. The Morgan fingerprint density at radius 2 is 1.94 bits per heavy atom. The number of nitrogen functional groups attached to an aromatic ring is 1. The number of sulfone groups is 1. The van der Waals surface area contributed by atoms with Gasteiger partial charge in [0, 0.05) is 19.3 Å². The minimum Gasteiger partial charge on any atom is -0.397 e. The Balaban J connectivity index is 3.11. The lowest BCUT2D eigenvalue weighted by Gasteiger charge is -2.26. The van der Waals surface area contributed by atoms with Crippen molar-refractivity contribution < 1.29 is 8.42 Å². The highest BCUT2D eigenvalue weighted by molar-refractivity contribution is 7.90. The third-order valence-corrected chi connectivity index (χ3v) is 3.85. The van der Waals surface area contributed by atoms with Crippen LogP contribution in [0.25, 0.3) is 0 Å². The molecule has 4 nitrogen and oxygen atoms in total. The van der Waals surface area contributed by atoms with Crippen molar-refractivity contribution in [3.63, 3.8) is 0 Å². The lowest BCUT2D eigenvalue weighted by atomic mass is 10.1. The van der Waals surface area contributed by atoms with Crippen LogP contribution in [0.3, 0.4) is 0 Å². The normalized spacial score (nSPS) is 11.8. The maximum absolute atomic E-state index is 11.4. The highest BCUT2D eigenvalue weighted by Gasteiger charge is 2.13. The molecule has 0 aliphatic carbocycles. The molecular formula is C13H22N2O2S. The van der Waals surface area contributed by atoms with E-state index in [-0.39, 0.29) is 4.90 Å². The van der Waals surface area contributed by atoms with Crippen LogP contribution >= 0.6 is 0 Å². The van der Waals surface area contributed by atoms with Crippen molar-refractivity contribution in [3.8, 4) is 0 Å². The van der Waals surface area contributed by atoms with Crippen molar-refractivity contribution in [2.75, 3.05) is 30.0 Å². The number of hydrogen-bond acceptors (Lipinski definition) is 4. The molecule has 0 atom stereocenters. The predicted molar refractivity (Wildman–Crippen MR) is 76.7 cm³/mol. The molecule has 1 aromatic carbocycles. The van der Waals surface area contributed by atoms with Gasteiger partial charge in [-0.2, -0.15) is 0 Å². The van der Waals surface area contributed by atoms with E-state index in [1.54, 1.807) is 12.1 Å². The minimum atomic E-state index is -3.20. The summed E-state index contributed by atoms with van der Waals surface area (Å²) in [5, 5.41) is 0. The topological polar surface area (TPSA) is 63.4 Å². The number of nitrogens with two attached hydrogens (primary N) is 1. The van der Waals surface area contributed by atoms with Gasteiger partial charge in [0.25, 0.3) is 0 Å². The summed E-state index contributed by atoms with van der Waals surface area (Å²) in [6, 6.07) is 4.94. The van der Waals surface area contributed by atoms with Crippen LogP contribution in [0.15, 0.2) is 23.1 Å². The summed E-state index contributed by atoms with van der Waals surface area (Å²) in [6.45, 7) is 8.10. The second kappa shape index (κ2) is 5.61. The van der Waals surface area contributed by atoms with Crippen molar-refractivity contribution in [3.05, 3.63) is 18.2 Å². The van der Waals surface area contributed by atoms with Crippen molar-refractivity contribution in [1.82, 2.24) is 0 Å². The second-order valence-electron chi connectivity index (χ2n) is 4.93. The number of benzene rings is 1. The van der Waals surface area contributed by atoms with Crippen LogP contribution < -0.4 is 10.6 Å². The van der Waals surface area contributed by atoms with Gasteiger partial charge < -0.3 is 10.6 Å². The van der Waals surface area contributed by atoms with Crippen molar-refractivity contribution in [2.45, 2.75) is 25.7 Å². The van der Waals surface area contributed by atoms with E-state index in [1.807, 2.05) is 0 Å². The van der Waals surface area contributed by atoms with Gasteiger partial charge >= 0.3 is 0 Å². The number of anilines is 2. The first-order chi connectivity index (χ1) is 8.25. The number of nitrogens with zero attached hydrogens (tertiary/aromatic N) is 1. The van der Waals surface area contributed by atoms with Gasteiger partial charge in [0.2, 0.25) is 0 Å². The molecule has 0 radical (unpaired) electrons. The van der Waals surface area contributed by atoms with Crippen LogP contribution in [-0.2, 0) is 9.84 Å². The average Bonchev–Trinajstić information content (AvgIpc) is 2.24. The summed E-state index contributed by atoms with van der Waals surface area (Å²) in [5.74, 6) is 0.527. The van der Waals surface area contributed by atoms with Crippen LogP contribution in [0.1, 0.15) is 20.8 Å². The fraction of sp³-hybridized carbons (Fsp3) is 0.538. The minimum absolute atomic E-state index is 0.268. The molecule has 0 spiro atoms. The van der Waals surface area contributed by atoms with E-state index in [0.717, 1.165) is 18.8 Å². The van der Waals surface area contributed by atoms with Crippen molar-refractivity contribution in [1.29, 1.82) is 0 Å². The van der Waals surface area contributed by atoms with E-state index in [0.29, 0.717) is 11.6 Å². The molecule has 0 bridgehead atoms. The molecule has 0 heterocycles. The molecule has 0 aromatic heterocycles. The van der Waals surface area contributed by atoms with Crippen LogP contribution in [0.2, 0.25) is 0 Å². The van der Waals surface area contributed by atoms with Crippen LogP contribution in [0.5, 0.6) is 0 Å². The summed E-state index contributed by atoms with van der Waals surface area (Å²) < 4.78 is 22.9. The zero-order valence-electron chi connectivity index (χ0n) is 11.5. The average molecular weight is 270 g/mol. The van der Waals surface area contributed by atoms with Gasteiger partial charge in [0.05, 0.1) is 16.3 Å². The van der Waals surface area contributed by atoms with E-state index >= 15 is 0 Å². The highest BCUT2D eigenvalue weighted by Crippen LogP contribution is 2.26. The third-order valence-electron chi connectivity index (χ3n) is 2.74. The van der Waals surface area contributed by atoms with E-state index in [9.17, 15) is 8.42 Å². The molecule has 0 fully saturated rings. The maximum Gasteiger partial charge on any atom is 0.175 e. The van der Waals surface area contributed by atoms with E-state index < -0.39 is 9.84 Å². The Kier molecular flexibility index (Phi) is 4.62. The Labute approximate surface area is 110 Å². The maximum atomic E-state index is 11.4. The SMILES string of the molecule is CCN(CC(C)C)c1ccc(S(C)(=O)=O)cc1N. The van der Waals surface area contributed by atoms with Crippen LogP contribution in [0, 0.1) is 5.92 Å². The first-order valence-electron chi connectivity index (χ1n) is 6.10. The van der Waals surface area contributed by atoms with Gasteiger partial charge in [0.15, 0.2) is 9.84 Å². The zero-order chi connectivity index (χ0) is 13.9. The van der Waals surface area contributed by atoms with Gasteiger partial charge in [-0.15, -0.1) is 0 Å². The zero-order valence-corrected chi connectivity index (χ0v) is 12.3. The fourth-order valence-electron chi connectivity index (χ4n) is 1.89. The Morgan fingerprint density at radius 3 is 2.33 bits per heavy atom. The molecule has 1 aromatic rings. The van der Waals surface area contributed by atoms with E-state index in [2.05, 4.69) is 25.7 Å². The van der Waals surface area contributed by atoms with E-state index in [4.69, 9.17) is 5.73 Å². The molecule has 102 valence electrons. The summed E-state index contributed by atoms with van der Waals surface area (Å²) in [5.41, 5.74) is 7.38. The second-order valence-corrected chi connectivity index (χ2v) is 6.94. The van der Waals surface area contributed by atoms with Crippen molar-refractivity contribution >= 4 is 21.2 Å². The lowest BCUT2D eigenvalue weighted by molar-refractivity contribution is 0.601. The van der Waals surface area contributed by atoms with Gasteiger partial charge in [-0.25, -0.2) is 8.42 Å². The summed E-state index contributed by atoms with van der Waals surface area (Å²) in [7, 11) is -3.20. The quantitative estimate of drug-likeness (QED) is 0.833. The smallest absolute Gasteiger partial charge is 0.175 e.